The first kappa shape index (κ1) is 16.0. The second-order valence-corrected chi connectivity index (χ2v) is 6.48. The van der Waals surface area contributed by atoms with E-state index in [-0.39, 0.29) is 12.4 Å². The van der Waals surface area contributed by atoms with Crippen LogP contribution in [0.5, 0.6) is 0 Å². The number of aliphatic hydroxyl groups excluding tert-OH is 1. The molecule has 1 aliphatic carbocycles. The van der Waals surface area contributed by atoms with Gasteiger partial charge >= 0.3 is 0 Å². The molecule has 0 unspecified atom stereocenters. The van der Waals surface area contributed by atoms with Gasteiger partial charge in [0.25, 0.3) is 0 Å². The van der Waals surface area contributed by atoms with E-state index in [9.17, 15) is 9.50 Å². The number of fused-ring (bicyclic) bond motifs is 1. The maximum Gasteiger partial charge on any atom is 0.123 e. The molecule has 0 saturated heterocycles. The third-order valence-electron chi connectivity index (χ3n) is 4.24. The lowest BCUT2D eigenvalue weighted by molar-refractivity contribution is 0.305. The fourth-order valence-electron chi connectivity index (χ4n) is 3.05. The lowest BCUT2D eigenvalue weighted by atomic mass is 10.0. The van der Waals surface area contributed by atoms with Crippen molar-refractivity contribution >= 4 is 29.0 Å². The van der Waals surface area contributed by atoms with Crippen LogP contribution in [0.15, 0.2) is 52.9 Å². The van der Waals surface area contributed by atoms with Gasteiger partial charge in [-0.15, -0.1) is 11.8 Å². The van der Waals surface area contributed by atoms with E-state index in [2.05, 4.69) is 36.6 Å². The van der Waals surface area contributed by atoms with Crippen molar-refractivity contribution in [3.05, 3.63) is 70.5 Å². The van der Waals surface area contributed by atoms with Crippen LogP contribution in [0.2, 0.25) is 0 Å². The average molecular weight is 326 g/mol. The molecule has 2 aromatic carbocycles. The molecule has 3 heteroatoms. The molecule has 0 atom stereocenters. The molecule has 0 saturated carbocycles. The van der Waals surface area contributed by atoms with E-state index in [1.165, 1.54) is 11.0 Å². The van der Waals surface area contributed by atoms with Crippen molar-refractivity contribution in [2.24, 2.45) is 0 Å². The Kier molecular flexibility index (Phi) is 4.69. The van der Waals surface area contributed by atoms with Gasteiger partial charge in [0.2, 0.25) is 0 Å². The van der Waals surface area contributed by atoms with Crippen LogP contribution in [0.1, 0.15) is 30.0 Å². The minimum absolute atomic E-state index is 0.0678. The van der Waals surface area contributed by atoms with Crippen LogP contribution in [0, 0.1) is 5.82 Å². The first-order chi connectivity index (χ1) is 11.1. The summed E-state index contributed by atoms with van der Waals surface area (Å²) < 4.78 is 13.6. The second kappa shape index (κ2) is 6.73. The average Bonchev–Trinajstić information content (AvgIpc) is 2.81. The molecule has 0 spiro atoms. The van der Waals surface area contributed by atoms with Gasteiger partial charge in [0.15, 0.2) is 0 Å². The maximum atomic E-state index is 13.6. The Morgan fingerprint density at radius 3 is 2.48 bits per heavy atom. The Labute approximate surface area is 140 Å². The molecule has 1 nitrogen and oxygen atoms in total. The molecular formula is C20H19FOS. The number of allylic oxidation sites excluding steroid dienone is 2. The van der Waals surface area contributed by atoms with Gasteiger partial charge in [-0.05, 0) is 83.4 Å². The Bertz CT molecular complexity index is 788. The van der Waals surface area contributed by atoms with Crippen LogP contribution >= 0.6 is 11.8 Å². The van der Waals surface area contributed by atoms with Crippen LogP contribution in [0.4, 0.5) is 4.39 Å². The van der Waals surface area contributed by atoms with Crippen LogP contribution in [0.25, 0.3) is 17.2 Å². The van der Waals surface area contributed by atoms with Gasteiger partial charge in [0.05, 0.1) is 0 Å². The smallest absolute Gasteiger partial charge is 0.123 e. The third-order valence-corrected chi connectivity index (χ3v) is 4.99. The fraction of sp³-hybridized carbons (Fsp3) is 0.200. The zero-order valence-corrected chi connectivity index (χ0v) is 14.1. The fourth-order valence-corrected chi connectivity index (χ4v) is 3.46. The van der Waals surface area contributed by atoms with Gasteiger partial charge in [0, 0.05) is 11.5 Å². The molecule has 23 heavy (non-hydrogen) atoms. The van der Waals surface area contributed by atoms with E-state index >= 15 is 0 Å². The molecule has 0 radical (unpaired) electrons. The van der Waals surface area contributed by atoms with Crippen molar-refractivity contribution in [3.8, 4) is 0 Å². The monoisotopic (exact) mass is 326 g/mol. The van der Waals surface area contributed by atoms with Gasteiger partial charge < -0.3 is 5.11 Å². The van der Waals surface area contributed by atoms with Gasteiger partial charge in [0.1, 0.15) is 5.82 Å². The third kappa shape index (κ3) is 3.12. The zero-order chi connectivity index (χ0) is 16.4. The summed E-state index contributed by atoms with van der Waals surface area (Å²) in [6, 6.07) is 13.3. The molecule has 2 aromatic rings. The Balaban J connectivity index is 2.09. The number of benzene rings is 2. The van der Waals surface area contributed by atoms with E-state index in [1.54, 1.807) is 17.8 Å². The zero-order valence-electron chi connectivity index (χ0n) is 13.3. The predicted octanol–water partition coefficient (Wildman–Crippen LogP) is 5.26. The number of hydrogen-bond acceptors (Lipinski definition) is 2. The van der Waals surface area contributed by atoms with Crippen LogP contribution < -0.4 is 0 Å². The lowest BCUT2D eigenvalue weighted by Gasteiger charge is -2.05. The molecule has 0 aromatic heterocycles. The maximum absolute atomic E-state index is 13.6. The number of hydrogen-bond donors (Lipinski definition) is 1. The molecular weight excluding hydrogens is 307 g/mol. The highest BCUT2D eigenvalue weighted by Crippen LogP contribution is 2.43. The van der Waals surface area contributed by atoms with Crippen molar-refractivity contribution in [2.45, 2.75) is 18.2 Å². The minimum Gasteiger partial charge on any atom is -0.396 e. The van der Waals surface area contributed by atoms with Crippen molar-refractivity contribution < 1.29 is 9.50 Å². The van der Waals surface area contributed by atoms with Crippen molar-refractivity contribution in [1.82, 2.24) is 0 Å². The Hall–Kier alpha value is -1.84. The second-order valence-electron chi connectivity index (χ2n) is 5.60. The van der Waals surface area contributed by atoms with Gasteiger partial charge in [-0.1, -0.05) is 18.2 Å². The molecule has 3 rings (SSSR count). The van der Waals surface area contributed by atoms with Gasteiger partial charge in [-0.3, -0.25) is 0 Å². The van der Waals surface area contributed by atoms with Gasteiger partial charge in [-0.2, -0.15) is 0 Å². The normalized spacial score (nSPS) is 15.4. The van der Waals surface area contributed by atoms with E-state index in [0.29, 0.717) is 6.42 Å². The van der Waals surface area contributed by atoms with E-state index < -0.39 is 0 Å². The number of thioether (sulfide) groups is 1. The number of halogens is 1. The van der Waals surface area contributed by atoms with Crippen LogP contribution in [0.3, 0.4) is 0 Å². The summed E-state index contributed by atoms with van der Waals surface area (Å²) in [5.41, 5.74) is 6.34. The Morgan fingerprint density at radius 1 is 1.09 bits per heavy atom. The standard InChI is InChI=1S/C20H19FOS/c1-13-17(9-10-22)20-12-15(21)5-8-18(20)19(13)11-14-3-6-16(23-2)7-4-14/h3-8,11-12,22H,9-10H2,1-2H3. The summed E-state index contributed by atoms with van der Waals surface area (Å²) in [5, 5.41) is 9.32. The topological polar surface area (TPSA) is 20.2 Å². The minimum atomic E-state index is -0.238. The van der Waals surface area contributed by atoms with Crippen molar-refractivity contribution in [3.63, 3.8) is 0 Å². The molecule has 0 amide bonds. The lowest BCUT2D eigenvalue weighted by Crippen LogP contribution is -1.89. The summed E-state index contributed by atoms with van der Waals surface area (Å²) in [6.07, 6.45) is 4.74. The summed E-state index contributed by atoms with van der Waals surface area (Å²) in [7, 11) is 0. The first-order valence-corrected chi connectivity index (χ1v) is 8.83. The molecule has 0 heterocycles. The molecule has 1 aliphatic rings. The van der Waals surface area contributed by atoms with E-state index in [1.807, 2.05) is 13.0 Å². The van der Waals surface area contributed by atoms with Gasteiger partial charge in [-0.25, -0.2) is 4.39 Å². The Morgan fingerprint density at radius 2 is 1.83 bits per heavy atom. The summed E-state index contributed by atoms with van der Waals surface area (Å²) in [4.78, 5) is 1.23. The molecule has 0 fully saturated rings. The van der Waals surface area contributed by atoms with E-state index in [0.717, 1.165) is 33.4 Å². The quantitative estimate of drug-likeness (QED) is 0.774. The largest absolute Gasteiger partial charge is 0.396 e. The molecule has 0 bridgehead atoms. The van der Waals surface area contributed by atoms with E-state index in [4.69, 9.17) is 0 Å². The highest BCUT2D eigenvalue weighted by molar-refractivity contribution is 7.98. The summed E-state index contributed by atoms with van der Waals surface area (Å²) in [6.45, 7) is 2.11. The molecule has 1 N–H and O–H groups in total. The number of aliphatic hydroxyl groups is 1. The highest BCUT2D eigenvalue weighted by Gasteiger charge is 2.23. The first-order valence-electron chi connectivity index (χ1n) is 7.61. The highest BCUT2D eigenvalue weighted by atomic mass is 32.2. The van der Waals surface area contributed by atoms with Crippen LogP contribution in [-0.4, -0.2) is 18.0 Å². The molecule has 0 aliphatic heterocycles. The SMILES string of the molecule is CSc1ccc(C=C2C(C)=C(CCO)c3cc(F)ccc32)cc1. The van der Waals surface area contributed by atoms with Crippen LogP contribution in [-0.2, 0) is 0 Å². The number of rotatable bonds is 4. The molecule has 118 valence electrons. The van der Waals surface area contributed by atoms with Crippen molar-refractivity contribution in [1.29, 1.82) is 0 Å². The predicted molar refractivity (Wildman–Crippen MR) is 96.8 cm³/mol. The summed E-state index contributed by atoms with van der Waals surface area (Å²) >= 11 is 1.72. The van der Waals surface area contributed by atoms with Crippen molar-refractivity contribution in [2.75, 3.05) is 12.9 Å². The summed E-state index contributed by atoms with van der Waals surface area (Å²) in [5.74, 6) is -0.238.